The Bertz CT molecular complexity index is 1110. The number of rotatable bonds is 5. The largest absolute Gasteiger partial charge is 0.465 e. The highest BCUT2D eigenvalue weighted by molar-refractivity contribution is 6.03. The predicted octanol–water partition coefficient (Wildman–Crippen LogP) is 3.65. The summed E-state index contributed by atoms with van der Waals surface area (Å²) in [6, 6.07) is 4.35. The number of carbonyl (C=O) groups excluding carboxylic acids is 3. The van der Waals surface area contributed by atoms with Crippen LogP contribution in [-0.2, 0) is 9.47 Å². The fourth-order valence-electron chi connectivity index (χ4n) is 3.11. The lowest BCUT2D eigenvalue weighted by Crippen LogP contribution is -2.15. The molecule has 0 aliphatic rings. The summed E-state index contributed by atoms with van der Waals surface area (Å²) < 4.78 is 28.9. The number of esters is 2. The number of carbonyl (C=O) groups is 3. The molecule has 0 saturated heterocycles. The number of H-pyrrole nitrogens is 1. The Balaban J connectivity index is 1.79. The molecule has 0 amide bonds. The maximum Gasteiger partial charge on any atom is 0.375 e. The molecular formula is C20H18FNO6. The first kappa shape index (κ1) is 19.3. The number of aryl methyl sites for hydroxylation is 2. The average Bonchev–Trinajstić information content (AvgIpc) is 3.16. The molecule has 3 rings (SSSR count). The fraction of sp³-hybridized carbons (Fsp3) is 0.250. The predicted molar refractivity (Wildman–Crippen MR) is 97.1 cm³/mol. The second kappa shape index (κ2) is 7.30. The van der Waals surface area contributed by atoms with Gasteiger partial charge in [0.1, 0.15) is 0 Å². The van der Waals surface area contributed by atoms with E-state index in [-0.39, 0.29) is 22.6 Å². The standard InChI is InChI=1S/C20H18FNO6/c1-9-12-6-5-7-13(21)18(12)28-17(9)20(25)27-8-14(23)16-10(2)15(11(3)22-16)19(24)26-4/h5-7,22H,8H2,1-4H3. The number of para-hydroxylation sites is 1. The van der Waals surface area contributed by atoms with Crippen LogP contribution in [0, 0.1) is 26.6 Å². The Hall–Kier alpha value is -3.42. The number of fused-ring (bicyclic) bond motifs is 1. The summed E-state index contributed by atoms with van der Waals surface area (Å²) in [5, 5.41) is 0.455. The van der Waals surface area contributed by atoms with E-state index in [1.807, 2.05) is 0 Å². The van der Waals surface area contributed by atoms with Crippen molar-refractivity contribution in [2.75, 3.05) is 13.7 Å². The topological polar surface area (TPSA) is 98.6 Å². The molecule has 0 radical (unpaired) electrons. The molecule has 0 saturated carbocycles. The van der Waals surface area contributed by atoms with Gasteiger partial charge in [0.05, 0.1) is 18.4 Å². The van der Waals surface area contributed by atoms with E-state index < -0.39 is 30.1 Å². The smallest absolute Gasteiger partial charge is 0.375 e. The molecule has 28 heavy (non-hydrogen) atoms. The van der Waals surface area contributed by atoms with E-state index in [0.717, 1.165) is 0 Å². The van der Waals surface area contributed by atoms with Gasteiger partial charge < -0.3 is 18.9 Å². The molecule has 0 fully saturated rings. The molecule has 0 aliphatic heterocycles. The van der Waals surface area contributed by atoms with Crippen LogP contribution in [0.1, 0.15) is 48.2 Å². The summed E-state index contributed by atoms with van der Waals surface area (Å²) in [5.74, 6) is -2.73. The lowest BCUT2D eigenvalue weighted by Gasteiger charge is -2.03. The van der Waals surface area contributed by atoms with Crippen LogP contribution >= 0.6 is 0 Å². The third kappa shape index (κ3) is 3.17. The SMILES string of the molecule is COC(=O)c1c(C)[nH]c(C(=O)COC(=O)c2oc3c(F)cccc3c2C)c1C. The van der Waals surface area contributed by atoms with Gasteiger partial charge in [-0.2, -0.15) is 0 Å². The van der Waals surface area contributed by atoms with Crippen LogP contribution in [0.3, 0.4) is 0 Å². The first-order chi connectivity index (χ1) is 13.3. The molecular weight excluding hydrogens is 369 g/mol. The van der Waals surface area contributed by atoms with Crippen LogP contribution in [0.15, 0.2) is 22.6 Å². The van der Waals surface area contributed by atoms with Gasteiger partial charge in [-0.15, -0.1) is 0 Å². The Labute approximate surface area is 159 Å². The number of nitrogens with one attached hydrogen (secondary N) is 1. The van der Waals surface area contributed by atoms with Gasteiger partial charge in [0.15, 0.2) is 18.0 Å². The van der Waals surface area contributed by atoms with Crippen molar-refractivity contribution in [1.29, 1.82) is 0 Å². The van der Waals surface area contributed by atoms with Crippen LogP contribution in [0.2, 0.25) is 0 Å². The van der Waals surface area contributed by atoms with E-state index in [4.69, 9.17) is 13.9 Å². The van der Waals surface area contributed by atoms with E-state index in [9.17, 15) is 18.8 Å². The number of aromatic nitrogens is 1. The highest BCUT2D eigenvalue weighted by Crippen LogP contribution is 2.28. The molecule has 0 atom stereocenters. The van der Waals surface area contributed by atoms with Crippen LogP contribution in [0.4, 0.5) is 4.39 Å². The Morgan fingerprint density at radius 1 is 1.11 bits per heavy atom. The molecule has 0 bridgehead atoms. The van der Waals surface area contributed by atoms with Gasteiger partial charge in [-0.05, 0) is 32.4 Å². The maximum absolute atomic E-state index is 13.8. The summed E-state index contributed by atoms with van der Waals surface area (Å²) >= 11 is 0. The number of aromatic amines is 1. The van der Waals surface area contributed by atoms with Crippen LogP contribution in [-0.4, -0.2) is 36.4 Å². The second-order valence-electron chi connectivity index (χ2n) is 6.29. The van der Waals surface area contributed by atoms with E-state index in [1.54, 1.807) is 26.8 Å². The summed E-state index contributed by atoms with van der Waals surface area (Å²) in [4.78, 5) is 39.4. The first-order valence-electron chi connectivity index (χ1n) is 8.41. The van der Waals surface area contributed by atoms with Gasteiger partial charge in [0, 0.05) is 16.6 Å². The zero-order valence-corrected chi connectivity index (χ0v) is 15.8. The zero-order valence-electron chi connectivity index (χ0n) is 15.8. The fourth-order valence-corrected chi connectivity index (χ4v) is 3.11. The number of furan rings is 1. The highest BCUT2D eigenvalue weighted by atomic mass is 19.1. The quantitative estimate of drug-likeness (QED) is 0.530. The molecule has 7 nitrogen and oxygen atoms in total. The minimum absolute atomic E-state index is 0.0446. The molecule has 146 valence electrons. The monoisotopic (exact) mass is 387 g/mol. The van der Waals surface area contributed by atoms with Gasteiger partial charge in [0.2, 0.25) is 11.5 Å². The van der Waals surface area contributed by atoms with E-state index in [2.05, 4.69) is 4.98 Å². The molecule has 8 heteroatoms. The molecule has 0 aliphatic carbocycles. The lowest BCUT2D eigenvalue weighted by molar-refractivity contribution is 0.0443. The molecule has 0 unspecified atom stereocenters. The van der Waals surface area contributed by atoms with E-state index >= 15 is 0 Å². The van der Waals surface area contributed by atoms with Crippen molar-refractivity contribution >= 4 is 28.7 Å². The normalized spacial score (nSPS) is 10.9. The Morgan fingerprint density at radius 3 is 2.46 bits per heavy atom. The number of Topliss-reactive ketones (excluding diaryl/α,β-unsaturated/α-hetero) is 1. The van der Waals surface area contributed by atoms with Crippen molar-refractivity contribution < 1.29 is 32.7 Å². The molecule has 0 spiro atoms. The van der Waals surface area contributed by atoms with Gasteiger partial charge in [-0.25, -0.2) is 14.0 Å². The van der Waals surface area contributed by atoms with Gasteiger partial charge in [-0.3, -0.25) is 4.79 Å². The zero-order chi connectivity index (χ0) is 20.6. The van der Waals surface area contributed by atoms with Crippen molar-refractivity contribution in [2.24, 2.45) is 0 Å². The molecule has 2 aromatic heterocycles. The minimum Gasteiger partial charge on any atom is -0.465 e. The summed E-state index contributed by atoms with van der Waals surface area (Å²) in [7, 11) is 1.25. The number of hydrogen-bond donors (Lipinski definition) is 1. The van der Waals surface area contributed by atoms with E-state index in [1.165, 1.54) is 19.2 Å². The number of ketones is 1. The van der Waals surface area contributed by atoms with Crippen molar-refractivity contribution in [2.45, 2.75) is 20.8 Å². The Kier molecular flexibility index (Phi) is 5.04. The van der Waals surface area contributed by atoms with Gasteiger partial charge >= 0.3 is 11.9 Å². The van der Waals surface area contributed by atoms with Crippen molar-refractivity contribution in [3.8, 4) is 0 Å². The molecule has 1 N–H and O–H groups in total. The summed E-state index contributed by atoms with van der Waals surface area (Å²) in [6.45, 7) is 4.26. The first-order valence-corrected chi connectivity index (χ1v) is 8.41. The minimum atomic E-state index is -0.879. The van der Waals surface area contributed by atoms with Gasteiger partial charge in [-0.1, -0.05) is 12.1 Å². The van der Waals surface area contributed by atoms with Crippen LogP contribution < -0.4 is 0 Å². The molecule has 1 aromatic carbocycles. The third-order valence-electron chi connectivity index (χ3n) is 4.54. The van der Waals surface area contributed by atoms with Crippen LogP contribution in [0.25, 0.3) is 11.0 Å². The maximum atomic E-state index is 13.8. The van der Waals surface area contributed by atoms with Gasteiger partial charge in [0.25, 0.3) is 0 Å². The number of hydrogen-bond acceptors (Lipinski definition) is 6. The highest BCUT2D eigenvalue weighted by Gasteiger charge is 2.25. The summed E-state index contributed by atoms with van der Waals surface area (Å²) in [6.07, 6.45) is 0. The van der Waals surface area contributed by atoms with Crippen LogP contribution in [0.5, 0.6) is 0 Å². The van der Waals surface area contributed by atoms with Crippen molar-refractivity contribution in [3.63, 3.8) is 0 Å². The average molecular weight is 387 g/mol. The third-order valence-corrected chi connectivity index (χ3v) is 4.54. The number of ether oxygens (including phenoxy) is 2. The number of methoxy groups -OCH3 is 1. The summed E-state index contributed by atoms with van der Waals surface area (Å²) in [5.41, 5.74) is 1.68. The van der Waals surface area contributed by atoms with Crippen molar-refractivity contribution in [1.82, 2.24) is 4.98 Å². The molecule has 3 aromatic rings. The Morgan fingerprint density at radius 2 is 1.82 bits per heavy atom. The second-order valence-corrected chi connectivity index (χ2v) is 6.29. The van der Waals surface area contributed by atoms with E-state index in [0.29, 0.717) is 22.2 Å². The molecule has 2 heterocycles. The number of halogens is 1. The number of benzene rings is 1. The lowest BCUT2D eigenvalue weighted by atomic mass is 10.1. The van der Waals surface area contributed by atoms with Crippen molar-refractivity contribution in [3.05, 3.63) is 57.9 Å².